The number of aromatic nitrogens is 1. The van der Waals surface area contributed by atoms with Crippen molar-refractivity contribution in [2.24, 2.45) is 11.5 Å². The van der Waals surface area contributed by atoms with E-state index in [1.54, 1.807) is 0 Å². The Balaban J connectivity index is 2.05. The Kier molecular flexibility index (Phi) is 5.51. The molecule has 126 valence electrons. The fourth-order valence-corrected chi connectivity index (χ4v) is 2.65. The molecule has 2 amide bonds. The highest BCUT2D eigenvalue weighted by molar-refractivity contribution is 5.97. The van der Waals surface area contributed by atoms with Gasteiger partial charge in [-0.3, -0.25) is 14.4 Å². The number of hydrogen-bond donors (Lipinski definition) is 2. The molecule has 0 spiro atoms. The summed E-state index contributed by atoms with van der Waals surface area (Å²) in [6.45, 7) is 5.32. The second kappa shape index (κ2) is 7.38. The Hall–Kier alpha value is -2.19. The normalized spacial score (nSPS) is 16.4. The van der Waals surface area contributed by atoms with Crippen molar-refractivity contribution < 1.29 is 9.59 Å². The lowest BCUT2D eigenvalue weighted by atomic mass is 10.1. The summed E-state index contributed by atoms with van der Waals surface area (Å²) in [7, 11) is 2.09. The maximum absolute atomic E-state index is 12.2. The average molecular weight is 321 g/mol. The van der Waals surface area contributed by atoms with Gasteiger partial charge in [-0.25, -0.2) is 0 Å². The van der Waals surface area contributed by atoms with Gasteiger partial charge in [0.1, 0.15) is 5.56 Å². The van der Waals surface area contributed by atoms with Gasteiger partial charge in [-0.05, 0) is 26.1 Å². The number of aryl methyl sites for hydroxylation is 1. The molecule has 8 nitrogen and oxygen atoms in total. The van der Waals surface area contributed by atoms with E-state index in [1.807, 2.05) is 0 Å². The lowest BCUT2D eigenvalue weighted by molar-refractivity contribution is 0.0998. The van der Waals surface area contributed by atoms with E-state index in [4.69, 9.17) is 11.5 Å². The highest BCUT2D eigenvalue weighted by atomic mass is 16.2. The van der Waals surface area contributed by atoms with Gasteiger partial charge in [0.15, 0.2) is 0 Å². The van der Waals surface area contributed by atoms with E-state index in [9.17, 15) is 14.4 Å². The molecule has 1 saturated heterocycles. The second-order valence-corrected chi connectivity index (χ2v) is 5.87. The minimum Gasteiger partial charge on any atom is -0.366 e. The second-order valence-electron chi connectivity index (χ2n) is 5.87. The predicted molar refractivity (Wildman–Crippen MR) is 86.3 cm³/mol. The fraction of sp³-hybridized carbons (Fsp3) is 0.533. The number of carbonyl (C=O) groups is 2. The van der Waals surface area contributed by atoms with Crippen LogP contribution in [-0.2, 0) is 6.54 Å². The summed E-state index contributed by atoms with van der Waals surface area (Å²) < 4.78 is 1.34. The SMILES string of the molecule is CN1CCN(CCCn2cc(C(N)=O)cc(C(N)=O)c2=O)CC1. The molecule has 1 aliphatic rings. The Morgan fingerprint density at radius 3 is 2.30 bits per heavy atom. The quantitative estimate of drug-likeness (QED) is 0.675. The Bertz CT molecular complexity index is 647. The Morgan fingerprint density at radius 2 is 1.74 bits per heavy atom. The summed E-state index contributed by atoms with van der Waals surface area (Å²) in [5.74, 6) is -1.55. The van der Waals surface area contributed by atoms with Crippen LogP contribution in [0.4, 0.5) is 0 Å². The van der Waals surface area contributed by atoms with E-state index in [0.29, 0.717) is 6.54 Å². The molecule has 0 aliphatic carbocycles. The van der Waals surface area contributed by atoms with E-state index in [0.717, 1.165) is 45.2 Å². The maximum Gasteiger partial charge on any atom is 0.263 e. The molecule has 0 bridgehead atoms. The molecular formula is C15H23N5O3. The number of likely N-dealkylation sites (N-methyl/N-ethyl adjacent to an activating group) is 1. The zero-order chi connectivity index (χ0) is 17.0. The molecule has 2 heterocycles. The molecule has 0 radical (unpaired) electrons. The lowest BCUT2D eigenvalue weighted by Gasteiger charge is -2.32. The van der Waals surface area contributed by atoms with Crippen LogP contribution in [0, 0.1) is 0 Å². The highest BCUT2D eigenvalue weighted by Gasteiger charge is 2.15. The van der Waals surface area contributed by atoms with Crippen LogP contribution in [0.25, 0.3) is 0 Å². The number of rotatable bonds is 6. The number of carbonyl (C=O) groups excluding carboxylic acids is 2. The smallest absolute Gasteiger partial charge is 0.263 e. The third-order valence-corrected chi connectivity index (χ3v) is 4.11. The van der Waals surface area contributed by atoms with Crippen LogP contribution in [0.3, 0.4) is 0 Å². The van der Waals surface area contributed by atoms with Gasteiger partial charge in [-0.15, -0.1) is 0 Å². The van der Waals surface area contributed by atoms with E-state index < -0.39 is 17.4 Å². The van der Waals surface area contributed by atoms with E-state index in [-0.39, 0.29) is 11.1 Å². The zero-order valence-electron chi connectivity index (χ0n) is 13.3. The van der Waals surface area contributed by atoms with Crippen molar-refractivity contribution >= 4 is 11.8 Å². The first-order valence-electron chi connectivity index (χ1n) is 7.63. The first-order valence-corrected chi connectivity index (χ1v) is 7.63. The van der Waals surface area contributed by atoms with Crippen molar-refractivity contribution in [3.05, 3.63) is 33.7 Å². The Morgan fingerprint density at radius 1 is 1.09 bits per heavy atom. The van der Waals surface area contributed by atoms with Gasteiger partial charge in [0, 0.05) is 38.9 Å². The van der Waals surface area contributed by atoms with Crippen LogP contribution < -0.4 is 17.0 Å². The molecule has 1 aromatic rings. The number of primary amides is 2. The molecule has 23 heavy (non-hydrogen) atoms. The molecule has 0 atom stereocenters. The van der Waals surface area contributed by atoms with Crippen molar-refractivity contribution in [3.63, 3.8) is 0 Å². The molecule has 2 rings (SSSR count). The minimum absolute atomic E-state index is 0.109. The van der Waals surface area contributed by atoms with Crippen molar-refractivity contribution in [1.29, 1.82) is 0 Å². The number of nitrogens with two attached hydrogens (primary N) is 2. The van der Waals surface area contributed by atoms with Gasteiger partial charge in [0.2, 0.25) is 5.91 Å². The van der Waals surface area contributed by atoms with Gasteiger partial charge in [-0.1, -0.05) is 0 Å². The number of amides is 2. The standard InChI is InChI=1S/C15H23N5O3/c1-18-5-7-19(8-6-18)3-2-4-20-10-11(13(16)21)9-12(14(17)22)15(20)23/h9-10H,2-8H2,1H3,(H2,16,21)(H2,17,22). The van der Waals surface area contributed by atoms with Crippen molar-refractivity contribution in [2.45, 2.75) is 13.0 Å². The summed E-state index contributed by atoms with van der Waals surface area (Å²) in [4.78, 5) is 39.5. The zero-order valence-corrected chi connectivity index (χ0v) is 13.3. The first-order chi connectivity index (χ1) is 10.9. The minimum atomic E-state index is -0.856. The summed E-state index contributed by atoms with van der Waals surface area (Å²) in [5.41, 5.74) is 9.85. The first kappa shape index (κ1) is 17.2. The monoisotopic (exact) mass is 321 g/mol. The molecule has 0 unspecified atom stereocenters. The van der Waals surface area contributed by atoms with Gasteiger partial charge < -0.3 is 25.8 Å². The molecule has 1 fully saturated rings. The number of nitrogens with zero attached hydrogens (tertiary/aromatic N) is 3. The molecule has 8 heteroatoms. The van der Waals surface area contributed by atoms with Crippen LogP contribution in [-0.4, -0.2) is 66.0 Å². The summed E-state index contributed by atoms with van der Waals surface area (Å²) in [5, 5.41) is 0. The lowest BCUT2D eigenvalue weighted by Crippen LogP contribution is -2.45. The van der Waals surface area contributed by atoms with Crippen LogP contribution in [0.5, 0.6) is 0 Å². The van der Waals surface area contributed by atoms with Gasteiger partial charge in [0.25, 0.3) is 11.5 Å². The third-order valence-electron chi connectivity index (χ3n) is 4.11. The number of piperazine rings is 1. The molecular weight excluding hydrogens is 298 g/mol. The van der Waals surface area contributed by atoms with Gasteiger partial charge >= 0.3 is 0 Å². The summed E-state index contributed by atoms with van der Waals surface area (Å²) >= 11 is 0. The van der Waals surface area contributed by atoms with Crippen molar-refractivity contribution in [3.8, 4) is 0 Å². The number of hydrogen-bond acceptors (Lipinski definition) is 5. The van der Waals surface area contributed by atoms with Crippen LogP contribution in [0.1, 0.15) is 27.1 Å². The Labute approximate surface area is 134 Å². The maximum atomic E-state index is 12.2. The van der Waals surface area contributed by atoms with Crippen LogP contribution in [0.2, 0.25) is 0 Å². The molecule has 1 aliphatic heterocycles. The van der Waals surface area contributed by atoms with E-state index in [1.165, 1.54) is 10.8 Å². The molecule has 4 N–H and O–H groups in total. The fourth-order valence-electron chi connectivity index (χ4n) is 2.65. The van der Waals surface area contributed by atoms with Gasteiger partial charge in [0.05, 0.1) is 5.56 Å². The number of pyridine rings is 1. The van der Waals surface area contributed by atoms with Gasteiger partial charge in [-0.2, -0.15) is 0 Å². The highest BCUT2D eigenvalue weighted by Crippen LogP contribution is 2.03. The van der Waals surface area contributed by atoms with Crippen molar-refractivity contribution in [1.82, 2.24) is 14.4 Å². The summed E-state index contributed by atoms with van der Waals surface area (Å²) in [6, 6.07) is 1.16. The molecule has 0 aromatic carbocycles. The largest absolute Gasteiger partial charge is 0.366 e. The molecule has 0 saturated carbocycles. The molecule has 1 aromatic heterocycles. The summed E-state index contributed by atoms with van der Waals surface area (Å²) in [6.07, 6.45) is 2.13. The van der Waals surface area contributed by atoms with E-state index in [2.05, 4.69) is 16.8 Å². The average Bonchev–Trinajstić information content (AvgIpc) is 2.50. The topological polar surface area (TPSA) is 115 Å². The van der Waals surface area contributed by atoms with Crippen LogP contribution in [0.15, 0.2) is 17.1 Å². The van der Waals surface area contributed by atoms with Crippen molar-refractivity contribution in [2.75, 3.05) is 39.8 Å². The predicted octanol–water partition coefficient (Wildman–Crippen LogP) is -1.32. The third kappa shape index (κ3) is 4.40. The van der Waals surface area contributed by atoms with E-state index >= 15 is 0 Å². The van der Waals surface area contributed by atoms with Crippen LogP contribution >= 0.6 is 0 Å².